The van der Waals surface area contributed by atoms with Crippen LogP contribution in [0.3, 0.4) is 0 Å². The van der Waals surface area contributed by atoms with Gasteiger partial charge in [-0.3, -0.25) is 9.10 Å². The molecule has 42 heavy (non-hydrogen) atoms. The Morgan fingerprint density at radius 3 is 2.45 bits per heavy atom. The van der Waals surface area contributed by atoms with E-state index < -0.39 is 34.5 Å². The molecular weight excluding hydrogens is 582 g/mol. The minimum absolute atomic E-state index is 0.0265. The number of anilines is 1. The van der Waals surface area contributed by atoms with Gasteiger partial charge in [0.25, 0.3) is 15.9 Å². The number of methoxy groups -OCH3 is 1. The molecule has 1 unspecified atom stereocenters. The number of nitrogens with zero attached hydrogens (tertiary/aromatic N) is 3. The van der Waals surface area contributed by atoms with E-state index in [1.807, 2.05) is 12.1 Å². The average molecular weight is 608 g/mol. The van der Waals surface area contributed by atoms with Gasteiger partial charge < -0.3 is 13.9 Å². The molecule has 1 aromatic heterocycles. The van der Waals surface area contributed by atoms with E-state index in [0.29, 0.717) is 34.4 Å². The van der Waals surface area contributed by atoms with Crippen molar-refractivity contribution in [3.05, 3.63) is 113 Å². The molecule has 12 heteroatoms. The molecule has 0 N–H and O–H groups in total. The van der Waals surface area contributed by atoms with E-state index in [0.717, 1.165) is 9.87 Å². The maximum Gasteiger partial charge on any atom is 0.338 e. The number of carbonyl (C=O) groups is 2. The van der Waals surface area contributed by atoms with E-state index in [1.54, 1.807) is 48.5 Å². The van der Waals surface area contributed by atoms with Crippen molar-refractivity contribution in [1.82, 2.24) is 5.01 Å². The number of hydrogen-bond acceptors (Lipinski definition) is 8. The molecule has 0 bridgehead atoms. The Bertz CT molecular complexity index is 1720. The van der Waals surface area contributed by atoms with Gasteiger partial charge in [-0.2, -0.15) is 5.10 Å². The lowest BCUT2D eigenvalue weighted by molar-refractivity contribution is -0.136. The number of hydrazone groups is 1. The molecule has 10 nitrogen and oxygen atoms in total. The molecule has 2 heterocycles. The zero-order valence-corrected chi connectivity index (χ0v) is 24.2. The van der Waals surface area contributed by atoms with Gasteiger partial charge in [0.15, 0.2) is 6.61 Å². The van der Waals surface area contributed by atoms with Crippen LogP contribution in [0.1, 0.15) is 34.1 Å². The molecule has 0 saturated heterocycles. The molecule has 1 aliphatic rings. The van der Waals surface area contributed by atoms with Gasteiger partial charge in [-0.15, -0.1) is 0 Å². The van der Waals surface area contributed by atoms with E-state index in [9.17, 15) is 18.0 Å². The van der Waals surface area contributed by atoms with Crippen LogP contribution in [0.4, 0.5) is 5.69 Å². The Hall–Kier alpha value is -4.61. The molecule has 1 amide bonds. The van der Waals surface area contributed by atoms with E-state index >= 15 is 0 Å². The maximum atomic E-state index is 13.3. The number of rotatable bonds is 9. The maximum absolute atomic E-state index is 13.3. The lowest BCUT2D eigenvalue weighted by Crippen LogP contribution is -2.31. The first-order valence-corrected chi connectivity index (χ1v) is 14.6. The third-order valence-electron chi connectivity index (χ3n) is 6.71. The van der Waals surface area contributed by atoms with E-state index in [2.05, 4.69) is 5.10 Å². The quantitative estimate of drug-likeness (QED) is 0.237. The minimum Gasteiger partial charge on any atom is -0.497 e. The predicted octanol–water partition coefficient (Wildman–Crippen LogP) is 5.30. The van der Waals surface area contributed by atoms with Crippen molar-refractivity contribution >= 4 is 44.9 Å². The average Bonchev–Trinajstić information content (AvgIpc) is 3.71. The lowest BCUT2D eigenvalue weighted by Gasteiger charge is -2.20. The molecule has 0 spiro atoms. The van der Waals surface area contributed by atoms with Gasteiger partial charge in [0.05, 0.1) is 35.2 Å². The zero-order valence-electron chi connectivity index (χ0n) is 22.6. The molecule has 0 fully saturated rings. The van der Waals surface area contributed by atoms with Gasteiger partial charge in [0.1, 0.15) is 17.6 Å². The molecule has 1 atom stereocenters. The Labute approximate surface area is 247 Å². The zero-order chi connectivity index (χ0) is 29.9. The summed E-state index contributed by atoms with van der Waals surface area (Å²) in [5.74, 6) is -0.318. The Morgan fingerprint density at radius 1 is 1.05 bits per heavy atom. The molecule has 1 aliphatic heterocycles. The number of benzene rings is 3. The van der Waals surface area contributed by atoms with E-state index in [-0.39, 0.29) is 10.5 Å². The van der Waals surface area contributed by atoms with Gasteiger partial charge in [-0.1, -0.05) is 29.8 Å². The standard InChI is InChI=1S/C30H26ClN3O7S/c1-33(23-12-14-24(39-2)15-13-23)42(37,38)25-6-3-5-21(17-25)30(36)41-19-29(35)34-27(28-7-4-16-40-28)18-26(32-34)20-8-10-22(31)11-9-20/h3-17,27H,18-19H2,1-2H3. The van der Waals surface area contributed by atoms with Gasteiger partial charge >= 0.3 is 5.97 Å². The second-order valence-corrected chi connectivity index (χ2v) is 11.7. The Morgan fingerprint density at radius 2 is 1.79 bits per heavy atom. The molecular formula is C30H26ClN3O7S. The van der Waals surface area contributed by atoms with Gasteiger partial charge in [0, 0.05) is 18.5 Å². The normalized spacial score (nSPS) is 14.8. The molecule has 216 valence electrons. The van der Waals surface area contributed by atoms with Crippen molar-refractivity contribution in [2.75, 3.05) is 25.1 Å². The SMILES string of the molecule is COc1ccc(N(C)S(=O)(=O)c2cccc(C(=O)OCC(=O)N3N=C(c4ccc(Cl)cc4)CC3c3ccco3)c2)cc1. The fraction of sp³-hybridized carbons (Fsp3) is 0.167. The summed E-state index contributed by atoms with van der Waals surface area (Å²) in [6.45, 7) is -0.615. The second-order valence-electron chi connectivity index (χ2n) is 9.30. The molecule has 4 aromatic rings. The fourth-order valence-corrected chi connectivity index (χ4v) is 5.78. The summed E-state index contributed by atoms with van der Waals surface area (Å²) in [4.78, 5) is 26.0. The number of hydrogen-bond donors (Lipinski definition) is 0. The van der Waals surface area contributed by atoms with Crippen LogP contribution in [0.2, 0.25) is 5.02 Å². The highest BCUT2D eigenvalue weighted by Gasteiger charge is 2.35. The van der Waals surface area contributed by atoms with Crippen molar-refractivity contribution in [2.45, 2.75) is 17.4 Å². The van der Waals surface area contributed by atoms with E-state index in [1.165, 1.54) is 49.7 Å². The van der Waals surface area contributed by atoms with Crippen molar-refractivity contribution < 1.29 is 31.9 Å². The first-order chi connectivity index (χ1) is 20.2. The summed E-state index contributed by atoms with van der Waals surface area (Å²) in [5, 5.41) is 6.30. The highest BCUT2D eigenvalue weighted by molar-refractivity contribution is 7.92. The largest absolute Gasteiger partial charge is 0.497 e. The van der Waals surface area contributed by atoms with Gasteiger partial charge in [0.2, 0.25) is 0 Å². The van der Waals surface area contributed by atoms with Crippen LogP contribution in [-0.4, -0.2) is 51.8 Å². The summed E-state index contributed by atoms with van der Waals surface area (Å²) in [6, 6.07) is 21.9. The van der Waals surface area contributed by atoms with Crippen LogP contribution in [0, 0.1) is 0 Å². The number of halogens is 1. The number of ether oxygens (including phenoxy) is 2. The highest BCUT2D eigenvalue weighted by Crippen LogP contribution is 2.33. The van der Waals surface area contributed by atoms with Crippen LogP contribution >= 0.6 is 11.6 Å². The van der Waals surface area contributed by atoms with Gasteiger partial charge in [-0.25, -0.2) is 18.2 Å². The van der Waals surface area contributed by atoms with Crippen molar-refractivity contribution in [2.24, 2.45) is 5.10 Å². The molecule has 0 saturated carbocycles. The molecule has 0 radical (unpaired) electrons. The summed E-state index contributed by atoms with van der Waals surface area (Å²) >= 11 is 6.01. The predicted molar refractivity (Wildman–Crippen MR) is 156 cm³/mol. The van der Waals surface area contributed by atoms with E-state index in [4.69, 9.17) is 25.5 Å². The van der Waals surface area contributed by atoms with Crippen LogP contribution < -0.4 is 9.04 Å². The third kappa shape index (κ3) is 6.02. The summed E-state index contributed by atoms with van der Waals surface area (Å²) < 4.78 is 43.6. The molecule has 3 aromatic carbocycles. The fourth-order valence-electron chi connectivity index (χ4n) is 4.41. The topological polar surface area (TPSA) is 119 Å². The highest BCUT2D eigenvalue weighted by atomic mass is 35.5. The van der Waals surface area contributed by atoms with Crippen LogP contribution in [0.5, 0.6) is 5.75 Å². The van der Waals surface area contributed by atoms with Crippen molar-refractivity contribution in [3.63, 3.8) is 0 Å². The summed E-state index contributed by atoms with van der Waals surface area (Å²) in [6.07, 6.45) is 1.89. The first kappa shape index (κ1) is 28.9. The summed E-state index contributed by atoms with van der Waals surface area (Å²) in [5.41, 5.74) is 1.82. The number of esters is 1. The van der Waals surface area contributed by atoms with Crippen LogP contribution in [0.25, 0.3) is 0 Å². The number of carbonyl (C=O) groups excluding carboxylic acids is 2. The number of sulfonamides is 1. The monoisotopic (exact) mass is 607 g/mol. The number of furan rings is 1. The molecule has 0 aliphatic carbocycles. The second kappa shape index (κ2) is 12.1. The van der Waals surface area contributed by atoms with Crippen molar-refractivity contribution in [1.29, 1.82) is 0 Å². The Balaban J connectivity index is 1.30. The Kier molecular flexibility index (Phi) is 8.32. The molecule has 5 rings (SSSR count). The lowest BCUT2D eigenvalue weighted by atomic mass is 10.0. The van der Waals surface area contributed by atoms with Crippen LogP contribution in [-0.2, 0) is 19.6 Å². The summed E-state index contributed by atoms with van der Waals surface area (Å²) in [7, 11) is -1.08. The van der Waals surface area contributed by atoms with Gasteiger partial charge in [-0.05, 0) is 72.3 Å². The first-order valence-electron chi connectivity index (χ1n) is 12.8. The smallest absolute Gasteiger partial charge is 0.338 e. The third-order valence-corrected chi connectivity index (χ3v) is 8.74. The van der Waals surface area contributed by atoms with Crippen molar-refractivity contribution in [3.8, 4) is 5.75 Å². The number of amides is 1. The minimum atomic E-state index is -4.01. The van der Waals surface area contributed by atoms with Crippen LogP contribution in [0.15, 0.2) is 106 Å².